The number of carbonyl (C=O) groups is 1. The molecule has 0 unspecified atom stereocenters. The number of nitrogens with one attached hydrogen (secondary N) is 2. The SMILES string of the molecule is C[C@H](NC(=O)[C@H]1CCCN1)c1ccccc1Br. The highest BCUT2D eigenvalue weighted by atomic mass is 79.9. The van der Waals surface area contributed by atoms with Crippen LogP contribution < -0.4 is 10.6 Å². The summed E-state index contributed by atoms with van der Waals surface area (Å²) < 4.78 is 1.03. The van der Waals surface area contributed by atoms with Gasteiger partial charge in [0.15, 0.2) is 0 Å². The van der Waals surface area contributed by atoms with E-state index < -0.39 is 0 Å². The molecule has 3 nitrogen and oxygen atoms in total. The normalized spacial score (nSPS) is 21.2. The van der Waals surface area contributed by atoms with Crippen LogP contribution in [0, 0.1) is 0 Å². The molecule has 0 spiro atoms. The molecule has 2 rings (SSSR count). The zero-order chi connectivity index (χ0) is 12.3. The third kappa shape index (κ3) is 3.07. The smallest absolute Gasteiger partial charge is 0.237 e. The summed E-state index contributed by atoms with van der Waals surface area (Å²) in [7, 11) is 0. The third-order valence-corrected chi connectivity index (χ3v) is 3.83. The molecule has 1 saturated heterocycles. The van der Waals surface area contributed by atoms with Crippen LogP contribution in [-0.2, 0) is 4.79 Å². The molecule has 2 atom stereocenters. The zero-order valence-electron chi connectivity index (χ0n) is 9.87. The summed E-state index contributed by atoms with van der Waals surface area (Å²) in [4.78, 5) is 12.0. The first kappa shape index (κ1) is 12.6. The maximum absolute atomic E-state index is 12.0. The van der Waals surface area contributed by atoms with Crippen LogP contribution in [0.5, 0.6) is 0 Å². The summed E-state index contributed by atoms with van der Waals surface area (Å²) in [5.41, 5.74) is 1.11. The first-order valence-corrected chi connectivity index (χ1v) is 6.76. The average molecular weight is 297 g/mol. The Labute approximate surface area is 110 Å². The van der Waals surface area contributed by atoms with Crippen molar-refractivity contribution in [2.75, 3.05) is 6.54 Å². The summed E-state index contributed by atoms with van der Waals surface area (Å²) in [6.45, 7) is 2.95. The van der Waals surface area contributed by atoms with Gasteiger partial charge in [-0.1, -0.05) is 34.1 Å². The van der Waals surface area contributed by atoms with Crippen molar-refractivity contribution in [3.63, 3.8) is 0 Å². The zero-order valence-corrected chi connectivity index (χ0v) is 11.5. The average Bonchev–Trinajstić information content (AvgIpc) is 2.82. The lowest BCUT2D eigenvalue weighted by Gasteiger charge is -2.18. The molecule has 92 valence electrons. The van der Waals surface area contributed by atoms with E-state index in [0.717, 1.165) is 29.4 Å². The second kappa shape index (κ2) is 5.65. The number of amides is 1. The molecule has 1 amide bonds. The Morgan fingerprint density at radius 1 is 1.53 bits per heavy atom. The molecule has 0 radical (unpaired) electrons. The molecule has 1 aliphatic heterocycles. The molecule has 0 bridgehead atoms. The Morgan fingerprint density at radius 3 is 2.94 bits per heavy atom. The summed E-state index contributed by atoms with van der Waals surface area (Å²) in [5.74, 6) is 0.103. The largest absolute Gasteiger partial charge is 0.348 e. The molecular formula is C13H17BrN2O. The van der Waals surface area contributed by atoms with E-state index in [2.05, 4.69) is 26.6 Å². The highest BCUT2D eigenvalue weighted by molar-refractivity contribution is 9.10. The topological polar surface area (TPSA) is 41.1 Å². The summed E-state index contributed by atoms with van der Waals surface area (Å²) in [5, 5.41) is 6.25. The van der Waals surface area contributed by atoms with Crippen LogP contribution in [0.15, 0.2) is 28.7 Å². The van der Waals surface area contributed by atoms with Crippen molar-refractivity contribution in [2.45, 2.75) is 31.8 Å². The van der Waals surface area contributed by atoms with Crippen molar-refractivity contribution in [2.24, 2.45) is 0 Å². The maximum atomic E-state index is 12.0. The highest BCUT2D eigenvalue weighted by Gasteiger charge is 2.23. The molecule has 1 aliphatic rings. The Morgan fingerprint density at radius 2 is 2.29 bits per heavy atom. The number of rotatable bonds is 3. The monoisotopic (exact) mass is 296 g/mol. The quantitative estimate of drug-likeness (QED) is 0.899. The fraction of sp³-hybridized carbons (Fsp3) is 0.462. The highest BCUT2D eigenvalue weighted by Crippen LogP contribution is 2.22. The van der Waals surface area contributed by atoms with E-state index >= 15 is 0 Å². The minimum absolute atomic E-state index is 0.0139. The molecule has 17 heavy (non-hydrogen) atoms. The van der Waals surface area contributed by atoms with Crippen molar-refractivity contribution >= 4 is 21.8 Å². The molecular weight excluding hydrogens is 280 g/mol. The predicted molar refractivity (Wildman–Crippen MR) is 71.7 cm³/mol. The van der Waals surface area contributed by atoms with Gasteiger partial charge in [0.2, 0.25) is 5.91 Å². The minimum Gasteiger partial charge on any atom is -0.348 e. The Bertz CT molecular complexity index is 402. The van der Waals surface area contributed by atoms with E-state index in [9.17, 15) is 4.79 Å². The minimum atomic E-state index is -0.0139. The molecule has 1 heterocycles. The van der Waals surface area contributed by atoms with Crippen molar-refractivity contribution < 1.29 is 4.79 Å². The first-order valence-electron chi connectivity index (χ1n) is 5.96. The molecule has 4 heteroatoms. The van der Waals surface area contributed by atoms with Gasteiger partial charge in [0.05, 0.1) is 12.1 Å². The second-order valence-corrected chi connectivity index (χ2v) is 5.26. The number of carbonyl (C=O) groups excluding carboxylic acids is 1. The van der Waals surface area contributed by atoms with Crippen LogP contribution in [0.4, 0.5) is 0 Å². The lowest BCUT2D eigenvalue weighted by molar-refractivity contribution is -0.123. The molecule has 0 aliphatic carbocycles. The Hall–Kier alpha value is -0.870. The molecule has 0 saturated carbocycles. The van der Waals surface area contributed by atoms with Crippen LogP contribution in [0.2, 0.25) is 0 Å². The van der Waals surface area contributed by atoms with E-state index in [1.807, 2.05) is 31.2 Å². The lowest BCUT2D eigenvalue weighted by Crippen LogP contribution is -2.41. The predicted octanol–water partition coefficient (Wildman–Crippen LogP) is 2.38. The molecule has 1 fully saturated rings. The number of halogens is 1. The van der Waals surface area contributed by atoms with Gasteiger partial charge in [-0.25, -0.2) is 0 Å². The van der Waals surface area contributed by atoms with Crippen LogP contribution in [0.3, 0.4) is 0 Å². The van der Waals surface area contributed by atoms with E-state index in [1.54, 1.807) is 0 Å². The van der Waals surface area contributed by atoms with Gasteiger partial charge in [0.1, 0.15) is 0 Å². The van der Waals surface area contributed by atoms with Gasteiger partial charge in [-0.15, -0.1) is 0 Å². The standard InChI is InChI=1S/C13H17BrN2O/c1-9(10-5-2-3-6-11(10)14)16-13(17)12-7-4-8-15-12/h2-3,5-6,9,12,15H,4,7-8H2,1H3,(H,16,17)/t9-,12+/m0/s1. The van der Waals surface area contributed by atoms with Gasteiger partial charge in [0, 0.05) is 4.47 Å². The summed E-state index contributed by atoms with van der Waals surface area (Å²) >= 11 is 3.50. The van der Waals surface area contributed by atoms with Crippen LogP contribution in [0.25, 0.3) is 0 Å². The van der Waals surface area contributed by atoms with Crippen molar-refractivity contribution in [1.82, 2.24) is 10.6 Å². The fourth-order valence-electron chi connectivity index (χ4n) is 2.13. The number of hydrogen-bond donors (Lipinski definition) is 2. The number of benzene rings is 1. The molecule has 0 aromatic heterocycles. The van der Waals surface area contributed by atoms with Crippen molar-refractivity contribution in [1.29, 1.82) is 0 Å². The van der Waals surface area contributed by atoms with Gasteiger partial charge in [0.25, 0.3) is 0 Å². The van der Waals surface area contributed by atoms with Crippen molar-refractivity contribution in [3.05, 3.63) is 34.3 Å². The number of hydrogen-bond acceptors (Lipinski definition) is 2. The lowest BCUT2D eigenvalue weighted by atomic mass is 10.1. The van der Waals surface area contributed by atoms with Gasteiger partial charge < -0.3 is 10.6 Å². The third-order valence-electron chi connectivity index (χ3n) is 3.11. The first-order chi connectivity index (χ1) is 8.18. The van der Waals surface area contributed by atoms with Crippen LogP contribution in [0.1, 0.15) is 31.4 Å². The molecule has 1 aromatic rings. The maximum Gasteiger partial charge on any atom is 0.237 e. The van der Waals surface area contributed by atoms with E-state index in [4.69, 9.17) is 0 Å². The molecule has 2 N–H and O–H groups in total. The van der Waals surface area contributed by atoms with Gasteiger partial charge in [-0.3, -0.25) is 4.79 Å². The van der Waals surface area contributed by atoms with E-state index in [0.29, 0.717) is 0 Å². The van der Waals surface area contributed by atoms with Crippen LogP contribution >= 0.6 is 15.9 Å². The fourth-order valence-corrected chi connectivity index (χ4v) is 2.75. The Balaban J connectivity index is 1.99. The van der Waals surface area contributed by atoms with Gasteiger partial charge >= 0.3 is 0 Å². The van der Waals surface area contributed by atoms with E-state index in [-0.39, 0.29) is 18.0 Å². The summed E-state index contributed by atoms with van der Waals surface area (Å²) in [6, 6.07) is 7.99. The van der Waals surface area contributed by atoms with E-state index in [1.165, 1.54) is 0 Å². The summed E-state index contributed by atoms with van der Waals surface area (Å²) in [6.07, 6.45) is 2.02. The van der Waals surface area contributed by atoms with Gasteiger partial charge in [-0.05, 0) is 37.9 Å². The second-order valence-electron chi connectivity index (χ2n) is 4.40. The van der Waals surface area contributed by atoms with Gasteiger partial charge in [-0.2, -0.15) is 0 Å². The molecule has 1 aromatic carbocycles. The van der Waals surface area contributed by atoms with Crippen LogP contribution in [-0.4, -0.2) is 18.5 Å². The Kier molecular flexibility index (Phi) is 4.18. The van der Waals surface area contributed by atoms with Crippen molar-refractivity contribution in [3.8, 4) is 0 Å².